The number of fused-ring (bicyclic) bond motifs is 1. The highest BCUT2D eigenvalue weighted by Gasteiger charge is 2.51. The maximum Gasteiger partial charge on any atom is 0.235 e. The van der Waals surface area contributed by atoms with E-state index >= 15 is 0 Å². The lowest BCUT2D eigenvalue weighted by atomic mass is 9.92. The molecule has 1 aromatic heterocycles. The van der Waals surface area contributed by atoms with Gasteiger partial charge in [0.1, 0.15) is 0 Å². The topological polar surface area (TPSA) is 74.3 Å². The van der Waals surface area contributed by atoms with Crippen molar-refractivity contribution in [1.29, 1.82) is 0 Å². The summed E-state index contributed by atoms with van der Waals surface area (Å²) in [6.45, 7) is 6.51. The Morgan fingerprint density at radius 2 is 1.89 bits per heavy atom. The molecule has 0 bridgehead atoms. The van der Waals surface area contributed by atoms with Crippen LogP contribution in [0.15, 0.2) is 42.5 Å². The van der Waals surface area contributed by atoms with E-state index in [2.05, 4.69) is 37.1 Å². The van der Waals surface area contributed by atoms with Gasteiger partial charge in [-0.05, 0) is 54.8 Å². The molecule has 1 aliphatic rings. The van der Waals surface area contributed by atoms with Crippen molar-refractivity contribution in [2.24, 2.45) is 0 Å². The summed E-state index contributed by atoms with van der Waals surface area (Å²) in [5.74, 6) is 0.446. The van der Waals surface area contributed by atoms with Crippen molar-refractivity contribution in [2.45, 2.75) is 44.4 Å². The van der Waals surface area contributed by atoms with Crippen LogP contribution in [0.2, 0.25) is 0 Å². The number of amides is 1. The van der Waals surface area contributed by atoms with E-state index in [0.717, 1.165) is 35.0 Å². The molecule has 1 aliphatic carbocycles. The molecule has 0 atom stereocenters. The van der Waals surface area contributed by atoms with Crippen molar-refractivity contribution >= 4 is 22.5 Å². The number of aromatic hydroxyl groups is 1. The number of hydrogen-bond acceptors (Lipinski definition) is 3. The van der Waals surface area contributed by atoms with Crippen LogP contribution in [-0.4, -0.2) is 23.1 Å². The lowest BCUT2D eigenvalue weighted by Crippen LogP contribution is -2.27. The Kier molecular flexibility index (Phi) is 4.14. The number of aromatic nitrogens is 1. The molecule has 3 N–H and O–H groups in total. The van der Waals surface area contributed by atoms with Crippen LogP contribution in [0.25, 0.3) is 10.9 Å². The number of nitrogens with one attached hydrogen (secondary N) is 2. The third-order valence-electron chi connectivity index (χ3n) is 5.60. The fourth-order valence-corrected chi connectivity index (χ4v) is 3.61. The first kappa shape index (κ1) is 18.4. The quantitative estimate of drug-likeness (QED) is 0.607. The molecule has 1 amide bonds. The number of methoxy groups -OCH3 is 1. The largest absolute Gasteiger partial charge is 0.504 e. The van der Waals surface area contributed by atoms with Gasteiger partial charge in [0, 0.05) is 27.7 Å². The second-order valence-electron chi connectivity index (χ2n) is 8.66. The van der Waals surface area contributed by atoms with E-state index in [0.29, 0.717) is 5.75 Å². The first-order valence-electron chi connectivity index (χ1n) is 9.55. The predicted molar refractivity (Wildman–Crippen MR) is 111 cm³/mol. The minimum absolute atomic E-state index is 0.0221. The molecule has 0 saturated heterocycles. The fourth-order valence-electron chi connectivity index (χ4n) is 3.61. The number of hydrogen-bond donors (Lipinski definition) is 3. The summed E-state index contributed by atoms with van der Waals surface area (Å²) >= 11 is 0. The summed E-state index contributed by atoms with van der Waals surface area (Å²) in [7, 11) is 1.51. The second kappa shape index (κ2) is 6.30. The van der Waals surface area contributed by atoms with Gasteiger partial charge in [-0.15, -0.1) is 0 Å². The smallest absolute Gasteiger partial charge is 0.235 e. The van der Waals surface area contributed by atoms with Crippen LogP contribution in [0.3, 0.4) is 0 Å². The Bertz CT molecular complexity index is 1060. The van der Waals surface area contributed by atoms with Crippen LogP contribution in [-0.2, 0) is 15.6 Å². The maximum absolute atomic E-state index is 13.1. The SMILES string of the molecule is COc1cc(C2(C(=O)Nc3ccc4[nH]c(C(C)(C)C)cc4c3)CC2)ccc1O. The Hall–Kier alpha value is -2.95. The van der Waals surface area contributed by atoms with Crippen LogP contribution < -0.4 is 10.1 Å². The van der Waals surface area contributed by atoms with Crippen molar-refractivity contribution in [3.63, 3.8) is 0 Å². The fraction of sp³-hybridized carbons (Fsp3) is 0.348. The Labute approximate surface area is 164 Å². The van der Waals surface area contributed by atoms with E-state index in [1.807, 2.05) is 18.2 Å². The third-order valence-corrected chi connectivity index (χ3v) is 5.60. The number of rotatable bonds is 4. The molecular formula is C23H26N2O3. The standard InChI is InChI=1S/C23H26N2O3/c1-22(2,3)20-12-14-11-16(6-7-17(14)25-20)24-21(27)23(9-10-23)15-5-8-18(26)19(13-15)28-4/h5-8,11-13,25-26H,9-10H2,1-4H3,(H,24,27). The van der Waals surface area contributed by atoms with E-state index in [-0.39, 0.29) is 17.1 Å². The molecule has 28 heavy (non-hydrogen) atoms. The van der Waals surface area contributed by atoms with E-state index in [1.54, 1.807) is 18.2 Å². The molecule has 1 fully saturated rings. The summed E-state index contributed by atoms with van der Waals surface area (Å²) in [5, 5.41) is 14.0. The van der Waals surface area contributed by atoms with Gasteiger partial charge in [0.05, 0.1) is 12.5 Å². The van der Waals surface area contributed by atoms with Crippen molar-refractivity contribution in [2.75, 3.05) is 12.4 Å². The Morgan fingerprint density at radius 1 is 1.14 bits per heavy atom. The number of aromatic amines is 1. The number of carbonyl (C=O) groups excluding carboxylic acids is 1. The Balaban J connectivity index is 1.59. The molecule has 2 aromatic carbocycles. The lowest BCUT2D eigenvalue weighted by molar-refractivity contribution is -0.118. The van der Waals surface area contributed by atoms with Crippen molar-refractivity contribution in [3.05, 3.63) is 53.7 Å². The molecule has 3 aromatic rings. The molecule has 146 valence electrons. The molecule has 1 heterocycles. The van der Waals surface area contributed by atoms with Gasteiger partial charge in [-0.3, -0.25) is 4.79 Å². The summed E-state index contributed by atoms with van der Waals surface area (Å²) in [6, 6.07) is 13.2. The van der Waals surface area contributed by atoms with Crippen molar-refractivity contribution in [1.82, 2.24) is 4.98 Å². The Morgan fingerprint density at radius 3 is 2.54 bits per heavy atom. The number of H-pyrrole nitrogens is 1. The van der Waals surface area contributed by atoms with E-state index < -0.39 is 5.41 Å². The molecule has 0 unspecified atom stereocenters. The van der Waals surface area contributed by atoms with Crippen molar-refractivity contribution < 1.29 is 14.6 Å². The van der Waals surface area contributed by atoms with Crippen LogP contribution in [0.1, 0.15) is 44.9 Å². The van der Waals surface area contributed by atoms with Gasteiger partial charge < -0.3 is 20.1 Å². The van der Waals surface area contributed by atoms with Gasteiger partial charge in [-0.2, -0.15) is 0 Å². The van der Waals surface area contributed by atoms with Gasteiger partial charge in [0.25, 0.3) is 0 Å². The minimum atomic E-state index is -0.551. The van der Waals surface area contributed by atoms with E-state index in [4.69, 9.17) is 4.74 Å². The monoisotopic (exact) mass is 378 g/mol. The zero-order chi connectivity index (χ0) is 20.1. The van der Waals surface area contributed by atoms with Crippen LogP contribution in [0, 0.1) is 0 Å². The highest BCUT2D eigenvalue weighted by Crippen LogP contribution is 2.50. The average molecular weight is 378 g/mol. The number of ether oxygens (including phenoxy) is 1. The maximum atomic E-state index is 13.1. The molecule has 0 aliphatic heterocycles. The van der Waals surface area contributed by atoms with Gasteiger partial charge in [0.15, 0.2) is 11.5 Å². The van der Waals surface area contributed by atoms with Crippen LogP contribution in [0.5, 0.6) is 11.5 Å². The first-order chi connectivity index (χ1) is 13.2. The zero-order valence-electron chi connectivity index (χ0n) is 16.7. The van der Waals surface area contributed by atoms with Gasteiger partial charge in [-0.1, -0.05) is 26.8 Å². The lowest BCUT2D eigenvalue weighted by Gasteiger charge is -2.17. The molecule has 5 heteroatoms. The zero-order valence-corrected chi connectivity index (χ0v) is 16.7. The first-order valence-corrected chi connectivity index (χ1v) is 9.55. The number of carbonyl (C=O) groups is 1. The van der Waals surface area contributed by atoms with E-state index in [9.17, 15) is 9.90 Å². The molecule has 5 nitrogen and oxygen atoms in total. The van der Waals surface area contributed by atoms with Gasteiger partial charge in [0.2, 0.25) is 5.91 Å². The highest BCUT2D eigenvalue weighted by atomic mass is 16.5. The number of phenols is 1. The number of benzene rings is 2. The highest BCUT2D eigenvalue weighted by molar-refractivity contribution is 6.02. The number of phenolic OH excluding ortho intramolecular Hbond substituents is 1. The van der Waals surface area contributed by atoms with E-state index in [1.165, 1.54) is 12.8 Å². The van der Waals surface area contributed by atoms with Gasteiger partial charge in [-0.25, -0.2) is 0 Å². The molecule has 0 radical (unpaired) electrons. The summed E-state index contributed by atoms with van der Waals surface area (Å²) < 4.78 is 5.20. The molecular weight excluding hydrogens is 352 g/mol. The predicted octanol–water partition coefficient (Wildman–Crippen LogP) is 4.85. The normalized spacial score (nSPS) is 15.4. The molecule has 0 spiro atoms. The van der Waals surface area contributed by atoms with Crippen LogP contribution >= 0.6 is 0 Å². The van der Waals surface area contributed by atoms with Crippen molar-refractivity contribution in [3.8, 4) is 11.5 Å². The van der Waals surface area contributed by atoms with Gasteiger partial charge >= 0.3 is 0 Å². The summed E-state index contributed by atoms with van der Waals surface area (Å²) in [5.41, 5.74) is 3.38. The molecule has 1 saturated carbocycles. The number of anilines is 1. The third kappa shape index (κ3) is 3.11. The second-order valence-corrected chi connectivity index (χ2v) is 8.66. The van der Waals surface area contributed by atoms with Crippen LogP contribution in [0.4, 0.5) is 5.69 Å². The summed E-state index contributed by atoms with van der Waals surface area (Å²) in [4.78, 5) is 16.5. The average Bonchev–Trinajstić information content (AvgIpc) is 3.34. The molecule has 4 rings (SSSR count). The minimum Gasteiger partial charge on any atom is -0.504 e. The summed E-state index contributed by atoms with van der Waals surface area (Å²) in [6.07, 6.45) is 1.57.